The van der Waals surface area contributed by atoms with Crippen molar-refractivity contribution in [3.8, 4) is 0 Å². The van der Waals surface area contributed by atoms with Crippen molar-refractivity contribution in [3.63, 3.8) is 0 Å². The lowest BCUT2D eigenvalue weighted by Crippen LogP contribution is -2.11. The minimum Gasteiger partial charge on any atom is -0.481 e. The van der Waals surface area contributed by atoms with E-state index in [0.717, 1.165) is 4.47 Å². The Morgan fingerprint density at radius 2 is 2.21 bits per heavy atom. The first-order valence-corrected chi connectivity index (χ1v) is 6.95. The maximum absolute atomic E-state index is 11.9. The Morgan fingerprint density at radius 3 is 2.89 bits per heavy atom. The lowest BCUT2D eigenvalue weighted by molar-refractivity contribution is -0.136. The normalized spacial score (nSPS) is 10.2. The average Bonchev–Trinajstić information content (AvgIpc) is 2.75. The summed E-state index contributed by atoms with van der Waals surface area (Å²) in [7, 11) is 0. The predicted octanol–water partition coefficient (Wildman–Crippen LogP) is 2.79. The van der Waals surface area contributed by atoms with Gasteiger partial charge in [0.2, 0.25) is 0 Å². The van der Waals surface area contributed by atoms with Crippen LogP contribution in [0, 0.1) is 0 Å². The number of halogens is 1. The van der Waals surface area contributed by atoms with Crippen LogP contribution in [-0.2, 0) is 11.2 Å². The Hall–Kier alpha value is -1.73. The van der Waals surface area contributed by atoms with Crippen LogP contribution in [0.5, 0.6) is 0 Å². The van der Waals surface area contributed by atoms with E-state index in [2.05, 4.69) is 26.2 Å². The molecule has 5 nitrogen and oxygen atoms in total. The number of carbonyl (C=O) groups excluding carboxylic acids is 1. The molecule has 0 aliphatic carbocycles. The predicted molar refractivity (Wildman–Crippen MR) is 75.5 cm³/mol. The molecule has 0 spiro atoms. The van der Waals surface area contributed by atoms with Crippen LogP contribution < -0.4 is 5.32 Å². The number of carboxylic acid groups (broad SMARTS) is 1. The van der Waals surface area contributed by atoms with Gasteiger partial charge in [0, 0.05) is 15.4 Å². The minimum absolute atomic E-state index is 0.150. The Kier molecular flexibility index (Phi) is 4.28. The third-order valence-electron chi connectivity index (χ3n) is 2.19. The molecular formula is C12H9BrN2O3S. The molecule has 1 aromatic heterocycles. The number of carboxylic acids is 1. The van der Waals surface area contributed by atoms with Gasteiger partial charge in [-0.15, -0.1) is 11.3 Å². The van der Waals surface area contributed by atoms with Gasteiger partial charge in [-0.1, -0.05) is 22.0 Å². The van der Waals surface area contributed by atoms with Crippen LogP contribution in [0.15, 0.2) is 34.1 Å². The van der Waals surface area contributed by atoms with Crippen LogP contribution in [0.4, 0.5) is 5.13 Å². The van der Waals surface area contributed by atoms with Gasteiger partial charge in [-0.25, -0.2) is 4.98 Å². The van der Waals surface area contributed by atoms with Crippen molar-refractivity contribution in [1.82, 2.24) is 4.98 Å². The fraction of sp³-hybridized carbons (Fsp3) is 0.0833. The summed E-state index contributed by atoms with van der Waals surface area (Å²) in [6.45, 7) is 0. The second-order valence-electron chi connectivity index (χ2n) is 3.68. The molecular weight excluding hydrogens is 332 g/mol. The van der Waals surface area contributed by atoms with E-state index in [1.165, 1.54) is 11.3 Å². The second-order valence-corrected chi connectivity index (χ2v) is 5.45. The Morgan fingerprint density at radius 1 is 1.42 bits per heavy atom. The fourth-order valence-corrected chi connectivity index (χ4v) is 2.50. The van der Waals surface area contributed by atoms with Crippen molar-refractivity contribution in [2.75, 3.05) is 5.32 Å². The number of amides is 1. The van der Waals surface area contributed by atoms with Crippen molar-refractivity contribution in [3.05, 3.63) is 45.4 Å². The molecule has 0 fully saturated rings. The third-order valence-corrected chi connectivity index (χ3v) is 3.49. The molecule has 1 aromatic carbocycles. The molecule has 19 heavy (non-hydrogen) atoms. The summed E-state index contributed by atoms with van der Waals surface area (Å²) in [4.78, 5) is 26.5. The van der Waals surface area contributed by atoms with Gasteiger partial charge in [0.05, 0.1) is 12.1 Å². The lowest BCUT2D eigenvalue weighted by atomic mass is 10.2. The number of nitrogens with one attached hydrogen (secondary N) is 1. The number of carbonyl (C=O) groups is 2. The van der Waals surface area contributed by atoms with Crippen molar-refractivity contribution in [2.45, 2.75) is 6.42 Å². The third kappa shape index (κ3) is 3.87. The zero-order valence-corrected chi connectivity index (χ0v) is 12.0. The van der Waals surface area contributed by atoms with Gasteiger partial charge < -0.3 is 5.11 Å². The Bertz CT molecular complexity index is 627. The van der Waals surface area contributed by atoms with Crippen molar-refractivity contribution < 1.29 is 14.7 Å². The molecule has 0 atom stereocenters. The van der Waals surface area contributed by atoms with E-state index in [4.69, 9.17) is 5.11 Å². The van der Waals surface area contributed by atoms with E-state index in [9.17, 15) is 9.59 Å². The molecule has 0 bridgehead atoms. The molecule has 2 N–H and O–H groups in total. The maximum Gasteiger partial charge on any atom is 0.309 e. The quantitative estimate of drug-likeness (QED) is 0.896. The van der Waals surface area contributed by atoms with Gasteiger partial charge in [0.25, 0.3) is 5.91 Å². The minimum atomic E-state index is -0.949. The number of nitrogens with zero attached hydrogens (tertiary/aromatic N) is 1. The standard InChI is InChI=1S/C12H9BrN2O3S/c13-8-3-1-2-7(4-8)11(18)15-12-14-9(6-19-12)5-10(16)17/h1-4,6H,5H2,(H,16,17)(H,14,15,18). The summed E-state index contributed by atoms with van der Waals surface area (Å²) in [6, 6.07) is 6.97. The summed E-state index contributed by atoms with van der Waals surface area (Å²) in [6.07, 6.45) is -0.150. The fourth-order valence-electron chi connectivity index (χ4n) is 1.40. The molecule has 1 amide bonds. The number of aromatic nitrogens is 1. The van der Waals surface area contributed by atoms with E-state index in [-0.39, 0.29) is 12.3 Å². The van der Waals surface area contributed by atoms with E-state index in [0.29, 0.717) is 16.4 Å². The van der Waals surface area contributed by atoms with E-state index >= 15 is 0 Å². The maximum atomic E-state index is 11.9. The van der Waals surface area contributed by atoms with Crippen LogP contribution in [0.2, 0.25) is 0 Å². The topological polar surface area (TPSA) is 79.3 Å². The van der Waals surface area contributed by atoms with Gasteiger partial charge in [0.1, 0.15) is 0 Å². The highest BCUT2D eigenvalue weighted by Gasteiger charge is 2.10. The first-order chi connectivity index (χ1) is 9.04. The summed E-state index contributed by atoms with van der Waals surface area (Å²) in [5.74, 6) is -1.23. The SMILES string of the molecule is O=C(O)Cc1csc(NC(=O)c2cccc(Br)c2)n1. The molecule has 0 radical (unpaired) electrons. The summed E-state index contributed by atoms with van der Waals surface area (Å²) >= 11 is 4.49. The Balaban J connectivity index is 2.06. The largest absolute Gasteiger partial charge is 0.481 e. The number of hydrogen-bond acceptors (Lipinski definition) is 4. The van der Waals surface area contributed by atoms with Crippen LogP contribution in [0.25, 0.3) is 0 Å². The number of benzene rings is 1. The molecule has 0 saturated heterocycles. The molecule has 0 aliphatic heterocycles. The first-order valence-electron chi connectivity index (χ1n) is 5.28. The average molecular weight is 341 g/mol. The lowest BCUT2D eigenvalue weighted by Gasteiger charge is -2.01. The highest BCUT2D eigenvalue weighted by atomic mass is 79.9. The Labute approximate surface area is 121 Å². The number of thiazole rings is 1. The van der Waals surface area contributed by atoms with Gasteiger partial charge in [0.15, 0.2) is 5.13 Å². The zero-order chi connectivity index (χ0) is 13.8. The highest BCUT2D eigenvalue weighted by Crippen LogP contribution is 2.18. The van der Waals surface area contributed by atoms with Crippen LogP contribution in [0.1, 0.15) is 16.1 Å². The molecule has 2 aromatic rings. The van der Waals surface area contributed by atoms with Gasteiger partial charge in [-0.05, 0) is 18.2 Å². The highest BCUT2D eigenvalue weighted by molar-refractivity contribution is 9.10. The first kappa shape index (κ1) is 13.7. The van der Waals surface area contributed by atoms with Gasteiger partial charge in [-0.3, -0.25) is 14.9 Å². The van der Waals surface area contributed by atoms with Crippen molar-refractivity contribution in [1.29, 1.82) is 0 Å². The molecule has 0 saturated carbocycles. The van der Waals surface area contributed by atoms with Crippen molar-refractivity contribution in [2.24, 2.45) is 0 Å². The number of rotatable bonds is 4. The van der Waals surface area contributed by atoms with Crippen LogP contribution in [-0.4, -0.2) is 22.0 Å². The van der Waals surface area contributed by atoms with Crippen LogP contribution >= 0.6 is 27.3 Å². The number of anilines is 1. The number of aliphatic carboxylic acids is 1. The summed E-state index contributed by atoms with van der Waals surface area (Å²) in [5, 5.41) is 13.3. The molecule has 0 aliphatic rings. The van der Waals surface area contributed by atoms with E-state index < -0.39 is 5.97 Å². The smallest absolute Gasteiger partial charge is 0.309 e. The van der Waals surface area contributed by atoms with Crippen molar-refractivity contribution >= 4 is 44.3 Å². The molecule has 2 rings (SSSR count). The monoisotopic (exact) mass is 340 g/mol. The summed E-state index contributed by atoms with van der Waals surface area (Å²) in [5.41, 5.74) is 0.936. The van der Waals surface area contributed by atoms with Gasteiger partial charge >= 0.3 is 5.97 Å². The molecule has 98 valence electrons. The summed E-state index contributed by atoms with van der Waals surface area (Å²) < 4.78 is 0.811. The number of hydrogen-bond donors (Lipinski definition) is 2. The molecule has 1 heterocycles. The zero-order valence-electron chi connectivity index (χ0n) is 9.59. The van der Waals surface area contributed by atoms with E-state index in [1.54, 1.807) is 23.6 Å². The second kappa shape index (κ2) is 5.94. The van der Waals surface area contributed by atoms with E-state index in [1.807, 2.05) is 6.07 Å². The molecule has 0 unspecified atom stereocenters. The van der Waals surface area contributed by atoms with Gasteiger partial charge in [-0.2, -0.15) is 0 Å². The molecule has 7 heteroatoms. The van der Waals surface area contributed by atoms with Crippen LogP contribution in [0.3, 0.4) is 0 Å².